The van der Waals surface area contributed by atoms with Crippen molar-refractivity contribution in [3.63, 3.8) is 0 Å². The van der Waals surface area contributed by atoms with Gasteiger partial charge in [0, 0.05) is 0 Å². The topological polar surface area (TPSA) is 136 Å². The number of hydrogen-bond donors (Lipinski definition) is 4. The van der Waals surface area contributed by atoms with Crippen LogP contribution in [0, 0.1) is 0 Å². The van der Waals surface area contributed by atoms with E-state index in [1.807, 2.05) is 6.07 Å². The molecule has 1 unspecified atom stereocenters. The van der Waals surface area contributed by atoms with Gasteiger partial charge in [-0.3, -0.25) is 9.59 Å². The number of nitrogens with zero attached hydrogens (tertiary/aromatic N) is 2. The van der Waals surface area contributed by atoms with Crippen LogP contribution in [0.3, 0.4) is 0 Å². The molecule has 0 radical (unpaired) electrons. The van der Waals surface area contributed by atoms with Gasteiger partial charge in [0.15, 0.2) is 5.82 Å². The van der Waals surface area contributed by atoms with E-state index in [0.29, 0.717) is 16.9 Å². The molecule has 8 heteroatoms. The Morgan fingerprint density at radius 3 is 2.26 bits per heavy atom. The highest BCUT2D eigenvalue weighted by molar-refractivity contribution is 6.04. The van der Waals surface area contributed by atoms with E-state index in [2.05, 4.69) is 20.6 Å². The van der Waals surface area contributed by atoms with Gasteiger partial charge in [0.25, 0.3) is 5.91 Å². The molecule has 2 aromatic carbocycles. The van der Waals surface area contributed by atoms with Crippen LogP contribution in [0.15, 0.2) is 67.0 Å². The number of carbonyl (C=O) groups is 2. The number of nitrogens with one attached hydrogen (secondary N) is 2. The lowest BCUT2D eigenvalue weighted by molar-refractivity contribution is -0.117. The molecule has 1 atom stereocenters. The molecule has 136 valence electrons. The highest BCUT2D eigenvalue weighted by Crippen LogP contribution is 2.17. The first-order valence-corrected chi connectivity index (χ1v) is 8.14. The lowest BCUT2D eigenvalue weighted by Gasteiger charge is -2.12. The van der Waals surface area contributed by atoms with Crippen molar-refractivity contribution >= 4 is 29.0 Å². The van der Waals surface area contributed by atoms with E-state index in [0.717, 1.165) is 0 Å². The summed E-state index contributed by atoms with van der Waals surface area (Å²) >= 11 is 0. The van der Waals surface area contributed by atoms with E-state index in [1.165, 1.54) is 12.4 Å². The Kier molecular flexibility index (Phi) is 5.38. The zero-order chi connectivity index (χ0) is 19.2. The Morgan fingerprint density at radius 1 is 0.889 bits per heavy atom. The molecule has 8 nitrogen and oxygen atoms in total. The third-order valence-corrected chi connectivity index (χ3v) is 3.79. The van der Waals surface area contributed by atoms with Crippen molar-refractivity contribution in [3.05, 3.63) is 78.2 Å². The number of amides is 2. The summed E-state index contributed by atoms with van der Waals surface area (Å²) in [6.07, 6.45) is 2.55. The first-order valence-electron chi connectivity index (χ1n) is 8.14. The van der Waals surface area contributed by atoms with Gasteiger partial charge in [0.2, 0.25) is 5.91 Å². The van der Waals surface area contributed by atoms with Gasteiger partial charge in [-0.1, -0.05) is 42.5 Å². The van der Waals surface area contributed by atoms with E-state index in [-0.39, 0.29) is 11.5 Å². The zero-order valence-electron chi connectivity index (χ0n) is 14.3. The molecule has 0 aliphatic rings. The van der Waals surface area contributed by atoms with Crippen LogP contribution in [0.1, 0.15) is 22.1 Å². The summed E-state index contributed by atoms with van der Waals surface area (Å²) in [6.45, 7) is 0. The van der Waals surface area contributed by atoms with Crippen molar-refractivity contribution in [1.29, 1.82) is 0 Å². The van der Waals surface area contributed by atoms with Crippen LogP contribution in [0.25, 0.3) is 0 Å². The van der Waals surface area contributed by atoms with Crippen molar-refractivity contribution in [2.24, 2.45) is 5.73 Å². The first-order chi connectivity index (χ1) is 13.0. The van der Waals surface area contributed by atoms with Gasteiger partial charge < -0.3 is 22.1 Å². The minimum absolute atomic E-state index is 0.0867. The molecule has 0 fully saturated rings. The van der Waals surface area contributed by atoms with Gasteiger partial charge in [-0.05, 0) is 17.7 Å². The van der Waals surface area contributed by atoms with Gasteiger partial charge in [-0.2, -0.15) is 0 Å². The summed E-state index contributed by atoms with van der Waals surface area (Å²) in [4.78, 5) is 32.5. The number of para-hydroxylation sites is 2. The van der Waals surface area contributed by atoms with Crippen molar-refractivity contribution in [2.75, 3.05) is 16.4 Å². The number of carbonyl (C=O) groups excluding carboxylic acids is 2. The maximum Gasteiger partial charge on any atom is 0.275 e. The third-order valence-electron chi connectivity index (χ3n) is 3.79. The average molecular weight is 362 g/mol. The van der Waals surface area contributed by atoms with Crippen molar-refractivity contribution in [1.82, 2.24) is 9.97 Å². The molecule has 3 aromatic rings. The molecule has 0 spiro atoms. The summed E-state index contributed by atoms with van der Waals surface area (Å²) in [7, 11) is 0. The summed E-state index contributed by atoms with van der Waals surface area (Å²) in [6, 6.07) is 15.0. The Labute approximate surface area is 155 Å². The predicted octanol–water partition coefficient (Wildman–Crippen LogP) is 1.95. The smallest absolute Gasteiger partial charge is 0.275 e. The number of hydrogen-bond acceptors (Lipinski definition) is 6. The molecule has 1 aromatic heterocycles. The summed E-state index contributed by atoms with van der Waals surface area (Å²) in [5, 5.41) is 5.23. The van der Waals surface area contributed by atoms with Gasteiger partial charge in [-0.15, -0.1) is 0 Å². The van der Waals surface area contributed by atoms with Gasteiger partial charge >= 0.3 is 0 Å². The van der Waals surface area contributed by atoms with E-state index in [4.69, 9.17) is 11.5 Å². The lowest BCUT2D eigenvalue weighted by Crippen LogP contribution is -2.28. The molecular weight excluding hydrogens is 344 g/mol. The first kappa shape index (κ1) is 18.0. The number of benzene rings is 2. The van der Waals surface area contributed by atoms with Crippen molar-refractivity contribution < 1.29 is 9.59 Å². The minimum atomic E-state index is -0.836. The fraction of sp³-hybridized carbons (Fsp3) is 0.0526. The van der Waals surface area contributed by atoms with Gasteiger partial charge in [0.1, 0.15) is 11.7 Å². The highest BCUT2D eigenvalue weighted by Gasteiger charge is 2.17. The number of aromatic nitrogens is 2. The Hall–Kier alpha value is -3.78. The highest BCUT2D eigenvalue weighted by atomic mass is 16.2. The molecule has 27 heavy (non-hydrogen) atoms. The second kappa shape index (κ2) is 8.07. The number of anilines is 3. The van der Waals surface area contributed by atoms with Crippen LogP contribution in [0.2, 0.25) is 0 Å². The number of nitrogens with two attached hydrogens (primary N) is 2. The van der Waals surface area contributed by atoms with Crippen LogP contribution in [-0.2, 0) is 4.79 Å². The van der Waals surface area contributed by atoms with Crippen LogP contribution in [-0.4, -0.2) is 21.8 Å². The Morgan fingerprint density at radius 2 is 1.59 bits per heavy atom. The average Bonchev–Trinajstić information content (AvgIpc) is 2.70. The largest absolute Gasteiger partial charge is 0.397 e. The Bertz CT molecular complexity index is 944. The fourth-order valence-electron chi connectivity index (χ4n) is 2.32. The Balaban J connectivity index is 1.64. The van der Waals surface area contributed by atoms with Crippen LogP contribution in [0.4, 0.5) is 17.2 Å². The standard InChI is InChI=1S/C19H18N6O2/c20-13-8-4-5-9-14(13)24-18(26)15-10-23-16(11-22-15)25-19(27)17(21)12-6-2-1-3-7-12/h1-11,17H,20-21H2,(H,24,26)(H,23,25,27). The van der Waals surface area contributed by atoms with Crippen molar-refractivity contribution in [2.45, 2.75) is 6.04 Å². The molecule has 0 aliphatic heterocycles. The van der Waals surface area contributed by atoms with Crippen LogP contribution >= 0.6 is 0 Å². The SMILES string of the molecule is Nc1ccccc1NC(=O)c1cnc(NC(=O)C(N)c2ccccc2)cn1. The van der Waals surface area contributed by atoms with E-state index in [1.54, 1.807) is 48.5 Å². The van der Waals surface area contributed by atoms with Crippen LogP contribution < -0.4 is 22.1 Å². The molecule has 0 saturated carbocycles. The fourth-order valence-corrected chi connectivity index (χ4v) is 2.32. The molecule has 3 rings (SSSR count). The molecule has 0 saturated heterocycles. The second-order valence-electron chi connectivity index (χ2n) is 5.71. The second-order valence-corrected chi connectivity index (χ2v) is 5.71. The minimum Gasteiger partial charge on any atom is -0.397 e. The van der Waals surface area contributed by atoms with E-state index < -0.39 is 17.9 Å². The molecule has 0 bridgehead atoms. The van der Waals surface area contributed by atoms with E-state index in [9.17, 15) is 9.59 Å². The summed E-state index contributed by atoms with van der Waals surface area (Å²) in [5.74, 6) is -0.689. The molecule has 0 aliphatic carbocycles. The lowest BCUT2D eigenvalue weighted by atomic mass is 10.1. The molecule has 2 amide bonds. The quantitative estimate of drug-likeness (QED) is 0.512. The third kappa shape index (κ3) is 4.44. The van der Waals surface area contributed by atoms with Gasteiger partial charge in [0.05, 0.1) is 23.8 Å². The molecule has 6 N–H and O–H groups in total. The maximum absolute atomic E-state index is 12.2. The number of nitrogen functional groups attached to an aromatic ring is 1. The number of rotatable bonds is 5. The van der Waals surface area contributed by atoms with Crippen LogP contribution in [0.5, 0.6) is 0 Å². The summed E-state index contributed by atoms with van der Waals surface area (Å²) < 4.78 is 0. The summed E-state index contributed by atoms with van der Waals surface area (Å²) in [5.41, 5.74) is 13.4. The molecular formula is C19H18N6O2. The van der Waals surface area contributed by atoms with Crippen molar-refractivity contribution in [3.8, 4) is 0 Å². The van der Waals surface area contributed by atoms with Gasteiger partial charge in [-0.25, -0.2) is 9.97 Å². The molecule has 1 heterocycles. The zero-order valence-corrected chi connectivity index (χ0v) is 14.3. The van der Waals surface area contributed by atoms with E-state index >= 15 is 0 Å². The predicted molar refractivity (Wildman–Crippen MR) is 103 cm³/mol. The monoisotopic (exact) mass is 362 g/mol. The maximum atomic E-state index is 12.2. The normalized spacial score (nSPS) is 11.4.